The zero-order chi connectivity index (χ0) is 15.0. The molecule has 1 rings (SSSR count). The molecule has 0 aliphatic carbocycles. The van der Waals surface area contributed by atoms with Crippen molar-refractivity contribution in [2.24, 2.45) is 0 Å². The normalized spacial score (nSPS) is 10.2. The topological polar surface area (TPSA) is 92.9 Å². The lowest BCUT2D eigenvalue weighted by Gasteiger charge is -2.20. The number of carboxylic acids is 1. The van der Waals surface area contributed by atoms with Gasteiger partial charge in [0.25, 0.3) is 0 Å². The Hall–Kier alpha value is -2.08. The number of ether oxygens (including phenoxy) is 1. The summed E-state index contributed by atoms with van der Waals surface area (Å²) in [6.07, 6.45) is 0.785. The van der Waals surface area contributed by atoms with E-state index in [-0.39, 0.29) is 25.4 Å². The fourth-order valence-corrected chi connectivity index (χ4v) is 1.81. The molecule has 6 heteroatoms. The van der Waals surface area contributed by atoms with E-state index in [1.807, 2.05) is 18.2 Å². The molecule has 0 radical (unpaired) electrons. The molecular formula is C14H20N2O4. The van der Waals surface area contributed by atoms with Crippen LogP contribution in [-0.4, -0.2) is 48.7 Å². The molecule has 6 nitrogen and oxygen atoms in total. The van der Waals surface area contributed by atoms with Gasteiger partial charge in [-0.15, -0.1) is 0 Å². The molecule has 1 amide bonds. The molecule has 0 bridgehead atoms. The highest BCUT2D eigenvalue weighted by Gasteiger charge is 2.16. The van der Waals surface area contributed by atoms with E-state index in [2.05, 4.69) is 0 Å². The molecule has 1 aromatic rings. The molecule has 0 spiro atoms. The summed E-state index contributed by atoms with van der Waals surface area (Å²) in [6.45, 7) is 0.287. The number of carbonyl (C=O) groups is 2. The lowest BCUT2D eigenvalue weighted by Crippen LogP contribution is -2.38. The molecule has 0 atom stereocenters. The third-order valence-corrected chi connectivity index (χ3v) is 2.82. The summed E-state index contributed by atoms with van der Waals surface area (Å²) >= 11 is 0. The van der Waals surface area contributed by atoms with Gasteiger partial charge in [0.15, 0.2) is 0 Å². The van der Waals surface area contributed by atoms with E-state index in [0.717, 1.165) is 5.56 Å². The summed E-state index contributed by atoms with van der Waals surface area (Å²) in [5.41, 5.74) is 7.28. The summed E-state index contributed by atoms with van der Waals surface area (Å²) in [5, 5.41) is 8.80. The van der Waals surface area contributed by atoms with Gasteiger partial charge in [-0.2, -0.15) is 0 Å². The number of amides is 1. The fraction of sp³-hybridized carbons (Fsp3) is 0.429. The van der Waals surface area contributed by atoms with E-state index in [0.29, 0.717) is 18.7 Å². The first kappa shape index (κ1) is 16.0. The van der Waals surface area contributed by atoms with Gasteiger partial charge >= 0.3 is 5.97 Å². The predicted octanol–water partition coefficient (Wildman–Crippen LogP) is 0.761. The van der Waals surface area contributed by atoms with Gasteiger partial charge in [-0.1, -0.05) is 12.1 Å². The highest BCUT2D eigenvalue weighted by atomic mass is 16.5. The first-order chi connectivity index (χ1) is 9.52. The Kier molecular flexibility index (Phi) is 6.52. The second kappa shape index (κ2) is 8.16. The van der Waals surface area contributed by atoms with Crippen LogP contribution in [-0.2, 0) is 20.7 Å². The monoisotopic (exact) mass is 280 g/mol. The van der Waals surface area contributed by atoms with E-state index in [1.54, 1.807) is 6.07 Å². The number of hydrogen-bond donors (Lipinski definition) is 2. The minimum atomic E-state index is -1.03. The van der Waals surface area contributed by atoms with Crippen molar-refractivity contribution >= 4 is 17.6 Å². The van der Waals surface area contributed by atoms with Crippen LogP contribution in [0.1, 0.15) is 12.0 Å². The number of aryl methyl sites for hydroxylation is 1. The Bertz CT molecular complexity index is 462. The number of carboxylic acid groups (broad SMARTS) is 1. The van der Waals surface area contributed by atoms with Crippen LogP contribution in [0.3, 0.4) is 0 Å². The van der Waals surface area contributed by atoms with E-state index in [4.69, 9.17) is 15.6 Å². The van der Waals surface area contributed by atoms with Crippen molar-refractivity contribution in [2.45, 2.75) is 12.8 Å². The lowest BCUT2D eigenvalue weighted by atomic mass is 10.1. The van der Waals surface area contributed by atoms with Gasteiger partial charge in [-0.3, -0.25) is 9.59 Å². The Morgan fingerprint density at radius 3 is 2.75 bits per heavy atom. The standard InChI is InChI=1S/C14H20N2O4/c1-20-8-7-16(10-14(18)19)13(17)6-5-11-3-2-4-12(15)9-11/h2-4,9H,5-8,10,15H2,1H3,(H,18,19). The zero-order valence-corrected chi connectivity index (χ0v) is 11.5. The maximum absolute atomic E-state index is 12.0. The summed E-state index contributed by atoms with van der Waals surface area (Å²) < 4.78 is 4.88. The van der Waals surface area contributed by atoms with Gasteiger partial charge < -0.3 is 20.5 Å². The summed E-state index contributed by atoms with van der Waals surface area (Å²) in [4.78, 5) is 24.1. The first-order valence-electron chi connectivity index (χ1n) is 6.36. The number of carbonyl (C=O) groups excluding carboxylic acids is 1. The van der Waals surface area contributed by atoms with E-state index >= 15 is 0 Å². The van der Waals surface area contributed by atoms with Crippen molar-refractivity contribution in [3.63, 3.8) is 0 Å². The molecule has 0 heterocycles. The molecule has 3 N–H and O–H groups in total. The molecule has 20 heavy (non-hydrogen) atoms. The number of aliphatic carboxylic acids is 1. The minimum absolute atomic E-state index is 0.202. The van der Waals surface area contributed by atoms with Crippen molar-refractivity contribution in [3.05, 3.63) is 29.8 Å². The van der Waals surface area contributed by atoms with Crippen molar-refractivity contribution in [2.75, 3.05) is 32.5 Å². The van der Waals surface area contributed by atoms with E-state index in [9.17, 15) is 9.59 Å². The van der Waals surface area contributed by atoms with Gasteiger partial charge in [0.05, 0.1) is 6.61 Å². The third-order valence-electron chi connectivity index (χ3n) is 2.82. The van der Waals surface area contributed by atoms with Gasteiger partial charge in [0.2, 0.25) is 5.91 Å². The predicted molar refractivity (Wildman–Crippen MR) is 75.3 cm³/mol. The SMILES string of the molecule is COCCN(CC(=O)O)C(=O)CCc1cccc(N)c1. The maximum Gasteiger partial charge on any atom is 0.323 e. The Balaban J connectivity index is 2.54. The molecule has 1 aromatic carbocycles. The number of rotatable bonds is 8. The van der Waals surface area contributed by atoms with Crippen LogP contribution in [0.2, 0.25) is 0 Å². The number of hydrogen-bond acceptors (Lipinski definition) is 4. The largest absolute Gasteiger partial charge is 0.480 e. The van der Waals surface area contributed by atoms with Gasteiger partial charge in [-0.25, -0.2) is 0 Å². The van der Waals surface area contributed by atoms with Crippen LogP contribution in [0, 0.1) is 0 Å². The Morgan fingerprint density at radius 2 is 2.15 bits per heavy atom. The molecule has 0 aliphatic rings. The van der Waals surface area contributed by atoms with E-state index in [1.165, 1.54) is 12.0 Å². The number of nitrogens with zero attached hydrogens (tertiary/aromatic N) is 1. The number of nitrogens with two attached hydrogens (primary N) is 1. The lowest BCUT2D eigenvalue weighted by molar-refractivity contribution is -0.144. The van der Waals surface area contributed by atoms with Crippen LogP contribution < -0.4 is 5.73 Å². The molecule has 0 saturated carbocycles. The van der Waals surface area contributed by atoms with E-state index < -0.39 is 5.97 Å². The molecule has 0 aliphatic heterocycles. The van der Waals surface area contributed by atoms with Crippen molar-refractivity contribution in [1.29, 1.82) is 0 Å². The summed E-state index contributed by atoms with van der Waals surface area (Å²) in [5.74, 6) is -1.23. The molecule has 0 aromatic heterocycles. The van der Waals surface area contributed by atoms with Gasteiger partial charge in [-0.05, 0) is 24.1 Å². The first-order valence-corrected chi connectivity index (χ1v) is 6.36. The Labute approximate surface area is 118 Å². The van der Waals surface area contributed by atoms with Crippen molar-refractivity contribution in [1.82, 2.24) is 4.90 Å². The van der Waals surface area contributed by atoms with Crippen LogP contribution in [0.25, 0.3) is 0 Å². The number of anilines is 1. The highest BCUT2D eigenvalue weighted by Crippen LogP contribution is 2.09. The number of methoxy groups -OCH3 is 1. The highest BCUT2D eigenvalue weighted by molar-refractivity contribution is 5.81. The van der Waals surface area contributed by atoms with Gasteiger partial charge in [0, 0.05) is 25.8 Å². The van der Waals surface area contributed by atoms with Crippen molar-refractivity contribution in [3.8, 4) is 0 Å². The third kappa shape index (κ3) is 5.71. The molecule has 0 fully saturated rings. The minimum Gasteiger partial charge on any atom is -0.480 e. The van der Waals surface area contributed by atoms with Crippen molar-refractivity contribution < 1.29 is 19.4 Å². The molecule has 0 saturated heterocycles. The molecule has 110 valence electrons. The number of benzene rings is 1. The molecular weight excluding hydrogens is 260 g/mol. The summed E-state index contributed by atoms with van der Waals surface area (Å²) in [7, 11) is 1.51. The van der Waals surface area contributed by atoms with Crippen LogP contribution in [0.4, 0.5) is 5.69 Å². The average Bonchev–Trinajstić information content (AvgIpc) is 2.40. The maximum atomic E-state index is 12.0. The van der Waals surface area contributed by atoms with Crippen LogP contribution >= 0.6 is 0 Å². The number of nitrogen functional groups attached to an aromatic ring is 1. The average molecular weight is 280 g/mol. The fourth-order valence-electron chi connectivity index (χ4n) is 1.81. The Morgan fingerprint density at radius 1 is 1.40 bits per heavy atom. The second-order valence-corrected chi connectivity index (χ2v) is 4.45. The van der Waals surface area contributed by atoms with Crippen LogP contribution in [0.15, 0.2) is 24.3 Å². The molecule has 0 unspecified atom stereocenters. The smallest absolute Gasteiger partial charge is 0.323 e. The summed E-state index contributed by atoms with van der Waals surface area (Å²) in [6, 6.07) is 7.31. The van der Waals surface area contributed by atoms with Crippen LogP contribution in [0.5, 0.6) is 0 Å². The van der Waals surface area contributed by atoms with Gasteiger partial charge in [0.1, 0.15) is 6.54 Å². The quantitative estimate of drug-likeness (QED) is 0.686. The second-order valence-electron chi connectivity index (χ2n) is 4.45. The zero-order valence-electron chi connectivity index (χ0n) is 11.5.